The van der Waals surface area contributed by atoms with Gasteiger partial charge < -0.3 is 10.1 Å². The predicted molar refractivity (Wildman–Crippen MR) is 112 cm³/mol. The third-order valence-electron chi connectivity index (χ3n) is 4.19. The van der Waals surface area contributed by atoms with Gasteiger partial charge >= 0.3 is 6.09 Å². The van der Waals surface area contributed by atoms with Crippen molar-refractivity contribution < 1.29 is 9.53 Å². The Balaban J connectivity index is 2.03. The quantitative estimate of drug-likeness (QED) is 0.686. The Kier molecular flexibility index (Phi) is 5.84. The smallest absolute Gasteiger partial charge is 0.408 e. The van der Waals surface area contributed by atoms with Gasteiger partial charge in [0.05, 0.1) is 18.1 Å². The predicted octanol–water partition coefficient (Wildman–Crippen LogP) is 4.48. The monoisotopic (exact) mass is 399 g/mol. The number of amides is 1. The number of aromatic nitrogens is 2. The molecular weight excluding hydrogens is 374 g/mol. The zero-order valence-corrected chi connectivity index (χ0v) is 17.4. The molecule has 1 atom stereocenters. The molecule has 0 spiro atoms. The van der Waals surface area contributed by atoms with Crippen LogP contribution in [0.15, 0.2) is 46.6 Å². The van der Waals surface area contributed by atoms with E-state index in [1.54, 1.807) is 4.57 Å². The first kappa shape index (κ1) is 20.1. The Labute approximate surface area is 168 Å². The summed E-state index contributed by atoms with van der Waals surface area (Å²) in [6, 6.07) is 11.1. The van der Waals surface area contributed by atoms with Crippen LogP contribution in [0.2, 0.25) is 0 Å². The molecule has 1 amide bonds. The lowest BCUT2D eigenvalue weighted by atomic mass is 10.1. The highest BCUT2D eigenvalue weighted by Gasteiger charge is 2.24. The lowest BCUT2D eigenvalue weighted by Gasteiger charge is -2.24. The van der Waals surface area contributed by atoms with Gasteiger partial charge in [0.1, 0.15) is 16.1 Å². The topological polar surface area (TPSA) is 73.2 Å². The van der Waals surface area contributed by atoms with Crippen LogP contribution in [0, 0.1) is 0 Å². The van der Waals surface area contributed by atoms with Crippen LogP contribution in [0.4, 0.5) is 4.79 Å². The first-order chi connectivity index (χ1) is 13.3. The van der Waals surface area contributed by atoms with E-state index in [1.165, 1.54) is 11.3 Å². The standard InChI is InChI=1S/C21H25N3O3S/c1-5-15(23-20(26)27-21(2,3)4)18-22-16-11-12-28-17(16)19(25)24(18)13-14-9-7-6-8-10-14/h6-12,15H,5,13H2,1-4H3,(H,23,26). The second-order valence-electron chi connectivity index (χ2n) is 7.59. The molecule has 2 heterocycles. The van der Waals surface area contributed by atoms with Gasteiger partial charge in [0.25, 0.3) is 5.56 Å². The minimum atomic E-state index is -0.600. The third-order valence-corrected chi connectivity index (χ3v) is 5.08. The number of alkyl carbamates (subject to hydrolysis) is 1. The summed E-state index contributed by atoms with van der Waals surface area (Å²) in [5.41, 5.74) is 0.953. The van der Waals surface area contributed by atoms with Gasteiger partial charge in [-0.25, -0.2) is 9.78 Å². The van der Waals surface area contributed by atoms with Crippen LogP contribution in [0.1, 0.15) is 51.5 Å². The molecule has 7 heteroatoms. The molecule has 1 aromatic carbocycles. The van der Waals surface area contributed by atoms with Gasteiger partial charge in [-0.3, -0.25) is 9.36 Å². The van der Waals surface area contributed by atoms with Crippen molar-refractivity contribution in [1.29, 1.82) is 0 Å². The zero-order valence-electron chi connectivity index (χ0n) is 16.6. The number of fused-ring (bicyclic) bond motifs is 1. The summed E-state index contributed by atoms with van der Waals surface area (Å²) in [5.74, 6) is 0.535. The van der Waals surface area contributed by atoms with Crippen LogP contribution < -0.4 is 10.9 Å². The average molecular weight is 400 g/mol. The molecule has 3 rings (SSSR count). The Morgan fingerprint density at radius 1 is 1.25 bits per heavy atom. The molecule has 0 fully saturated rings. The Morgan fingerprint density at radius 2 is 1.96 bits per heavy atom. The molecule has 0 aliphatic heterocycles. The SMILES string of the molecule is CCC(NC(=O)OC(C)(C)C)c1nc2ccsc2c(=O)n1Cc1ccccc1. The number of hydrogen-bond acceptors (Lipinski definition) is 5. The van der Waals surface area contributed by atoms with Gasteiger partial charge in [0.15, 0.2) is 0 Å². The van der Waals surface area contributed by atoms with Crippen molar-refractivity contribution in [2.24, 2.45) is 0 Å². The summed E-state index contributed by atoms with van der Waals surface area (Å²) < 4.78 is 7.66. The second-order valence-corrected chi connectivity index (χ2v) is 8.51. The highest BCUT2D eigenvalue weighted by Crippen LogP contribution is 2.21. The van der Waals surface area contributed by atoms with E-state index in [1.807, 2.05) is 69.5 Å². The van der Waals surface area contributed by atoms with Gasteiger partial charge in [-0.05, 0) is 44.2 Å². The van der Waals surface area contributed by atoms with Crippen molar-refractivity contribution in [2.45, 2.75) is 52.3 Å². The molecule has 148 valence electrons. The van der Waals surface area contributed by atoms with Crippen molar-refractivity contribution in [3.8, 4) is 0 Å². The van der Waals surface area contributed by atoms with Crippen molar-refractivity contribution in [3.63, 3.8) is 0 Å². The lowest BCUT2D eigenvalue weighted by Crippen LogP contribution is -2.38. The molecule has 0 saturated heterocycles. The summed E-state index contributed by atoms with van der Waals surface area (Å²) in [6.45, 7) is 7.78. The molecule has 2 aromatic heterocycles. The zero-order chi connectivity index (χ0) is 20.3. The number of carbonyl (C=O) groups excluding carboxylic acids is 1. The maximum atomic E-state index is 13.1. The number of rotatable bonds is 5. The number of benzene rings is 1. The van der Waals surface area contributed by atoms with Crippen LogP contribution in [0.5, 0.6) is 0 Å². The molecular formula is C21H25N3O3S. The number of hydrogen-bond donors (Lipinski definition) is 1. The summed E-state index contributed by atoms with van der Waals surface area (Å²) >= 11 is 1.38. The Hall–Kier alpha value is -2.67. The van der Waals surface area contributed by atoms with Crippen LogP contribution in [0.25, 0.3) is 10.2 Å². The molecule has 28 heavy (non-hydrogen) atoms. The van der Waals surface area contributed by atoms with E-state index >= 15 is 0 Å². The molecule has 0 saturated carbocycles. The maximum absolute atomic E-state index is 13.1. The normalized spacial score (nSPS) is 12.7. The summed E-state index contributed by atoms with van der Waals surface area (Å²) in [7, 11) is 0. The van der Waals surface area contributed by atoms with E-state index < -0.39 is 17.7 Å². The van der Waals surface area contributed by atoms with E-state index in [2.05, 4.69) is 5.32 Å². The van der Waals surface area contributed by atoms with E-state index in [0.29, 0.717) is 29.0 Å². The minimum Gasteiger partial charge on any atom is -0.444 e. The molecule has 3 aromatic rings. The van der Waals surface area contributed by atoms with Crippen LogP contribution >= 0.6 is 11.3 Å². The van der Waals surface area contributed by atoms with Crippen molar-refractivity contribution >= 4 is 27.6 Å². The number of nitrogens with zero attached hydrogens (tertiary/aromatic N) is 2. The Morgan fingerprint density at radius 3 is 2.61 bits per heavy atom. The van der Waals surface area contributed by atoms with Gasteiger partial charge in [-0.2, -0.15) is 0 Å². The third kappa shape index (κ3) is 4.59. The van der Waals surface area contributed by atoms with E-state index in [4.69, 9.17) is 9.72 Å². The van der Waals surface area contributed by atoms with Gasteiger partial charge in [0.2, 0.25) is 0 Å². The highest BCUT2D eigenvalue weighted by atomic mass is 32.1. The molecule has 0 aliphatic rings. The number of nitrogens with one attached hydrogen (secondary N) is 1. The van der Waals surface area contributed by atoms with Gasteiger partial charge in [-0.1, -0.05) is 37.3 Å². The fourth-order valence-electron chi connectivity index (χ4n) is 2.94. The average Bonchev–Trinajstić information content (AvgIpc) is 3.10. The summed E-state index contributed by atoms with van der Waals surface area (Å²) in [4.78, 5) is 30.2. The molecule has 1 N–H and O–H groups in total. The van der Waals surface area contributed by atoms with E-state index in [0.717, 1.165) is 5.56 Å². The van der Waals surface area contributed by atoms with Crippen LogP contribution in [-0.4, -0.2) is 21.2 Å². The molecule has 1 unspecified atom stereocenters. The Bertz CT molecular complexity index is 1020. The number of ether oxygens (including phenoxy) is 1. The van der Waals surface area contributed by atoms with Crippen molar-refractivity contribution in [1.82, 2.24) is 14.9 Å². The minimum absolute atomic E-state index is 0.0942. The fourth-order valence-corrected chi connectivity index (χ4v) is 3.72. The summed E-state index contributed by atoms with van der Waals surface area (Å²) in [5, 5.41) is 4.73. The fraction of sp³-hybridized carbons (Fsp3) is 0.381. The molecule has 0 radical (unpaired) electrons. The lowest BCUT2D eigenvalue weighted by molar-refractivity contribution is 0.0498. The molecule has 0 bridgehead atoms. The van der Waals surface area contributed by atoms with Crippen molar-refractivity contribution in [2.75, 3.05) is 0 Å². The highest BCUT2D eigenvalue weighted by molar-refractivity contribution is 7.17. The number of carbonyl (C=O) groups is 1. The van der Waals surface area contributed by atoms with Gasteiger partial charge in [0, 0.05) is 0 Å². The first-order valence-electron chi connectivity index (χ1n) is 9.30. The van der Waals surface area contributed by atoms with Crippen molar-refractivity contribution in [3.05, 3.63) is 63.5 Å². The number of thiophene rings is 1. The van der Waals surface area contributed by atoms with E-state index in [9.17, 15) is 9.59 Å². The van der Waals surface area contributed by atoms with Crippen LogP contribution in [0.3, 0.4) is 0 Å². The van der Waals surface area contributed by atoms with E-state index in [-0.39, 0.29) is 5.56 Å². The largest absolute Gasteiger partial charge is 0.444 e. The molecule has 0 aliphatic carbocycles. The molecule has 6 nitrogen and oxygen atoms in total. The second kappa shape index (κ2) is 8.14. The van der Waals surface area contributed by atoms with Crippen LogP contribution in [-0.2, 0) is 11.3 Å². The van der Waals surface area contributed by atoms with Gasteiger partial charge in [-0.15, -0.1) is 11.3 Å². The first-order valence-corrected chi connectivity index (χ1v) is 10.2. The maximum Gasteiger partial charge on any atom is 0.408 e. The summed E-state index contributed by atoms with van der Waals surface area (Å²) in [6.07, 6.45) is 0.0566.